The van der Waals surface area contributed by atoms with Crippen molar-refractivity contribution in [1.29, 1.82) is 0 Å². The number of benzene rings is 1. The van der Waals surface area contributed by atoms with E-state index >= 15 is 0 Å². The van der Waals surface area contributed by atoms with E-state index in [2.05, 4.69) is 25.7 Å². The van der Waals surface area contributed by atoms with Crippen LogP contribution >= 0.6 is 0 Å². The average Bonchev–Trinajstić information content (AvgIpc) is 2.49. The summed E-state index contributed by atoms with van der Waals surface area (Å²) < 4.78 is 5.17. The summed E-state index contributed by atoms with van der Waals surface area (Å²) in [6.45, 7) is 10.8. The minimum atomic E-state index is -0.116. The molecule has 0 saturated heterocycles. The van der Waals surface area contributed by atoms with Gasteiger partial charge in [0.15, 0.2) is 5.78 Å². The first-order valence-corrected chi connectivity index (χ1v) is 7.85. The van der Waals surface area contributed by atoms with Crippen LogP contribution in [0.25, 0.3) is 0 Å². The molecule has 1 aromatic rings. The van der Waals surface area contributed by atoms with Crippen molar-refractivity contribution >= 4 is 5.78 Å². The lowest BCUT2D eigenvalue weighted by Crippen LogP contribution is -2.43. The molecule has 0 aliphatic rings. The van der Waals surface area contributed by atoms with Crippen molar-refractivity contribution < 1.29 is 9.53 Å². The summed E-state index contributed by atoms with van der Waals surface area (Å²) in [6, 6.07) is 7.86. The Bertz CT molecular complexity index is 425. The van der Waals surface area contributed by atoms with Crippen molar-refractivity contribution in [2.45, 2.75) is 40.2 Å². The third-order valence-corrected chi connectivity index (χ3v) is 3.76. The number of nitrogens with zero attached hydrogens (tertiary/aromatic N) is 1. The summed E-state index contributed by atoms with van der Waals surface area (Å²) >= 11 is 0. The Kier molecular flexibility index (Phi) is 7.62. The molecule has 3 heteroatoms. The molecular formula is C18H29NO2. The molecule has 0 amide bonds. The Labute approximate surface area is 129 Å². The molecule has 1 unspecified atom stereocenters. The molecule has 0 radical (unpaired) electrons. The number of carbonyl (C=O) groups is 1. The number of hydrogen-bond donors (Lipinski definition) is 0. The molecule has 0 heterocycles. The normalized spacial score (nSPS) is 12.9. The van der Waals surface area contributed by atoms with Gasteiger partial charge in [-0.3, -0.25) is 9.69 Å². The van der Waals surface area contributed by atoms with Gasteiger partial charge in [0.2, 0.25) is 0 Å². The van der Waals surface area contributed by atoms with Gasteiger partial charge in [-0.15, -0.1) is 0 Å². The number of rotatable bonds is 9. The van der Waals surface area contributed by atoms with Crippen molar-refractivity contribution in [2.24, 2.45) is 5.92 Å². The predicted molar refractivity (Wildman–Crippen MR) is 87.9 cm³/mol. The molecule has 21 heavy (non-hydrogen) atoms. The summed E-state index contributed by atoms with van der Waals surface area (Å²) in [5, 5.41) is 0. The highest BCUT2D eigenvalue weighted by Gasteiger charge is 2.22. The minimum Gasteiger partial charge on any atom is -0.383 e. The zero-order chi connectivity index (χ0) is 15.8. The van der Waals surface area contributed by atoms with Gasteiger partial charge in [-0.1, -0.05) is 45.0 Å². The van der Waals surface area contributed by atoms with Crippen LogP contribution in [0.1, 0.15) is 43.6 Å². The molecule has 0 bridgehead atoms. The Morgan fingerprint density at radius 2 is 1.81 bits per heavy atom. The molecule has 1 rings (SSSR count). The number of ketones is 1. The highest BCUT2D eigenvalue weighted by Crippen LogP contribution is 2.13. The molecule has 0 aliphatic heterocycles. The van der Waals surface area contributed by atoms with E-state index in [1.807, 2.05) is 31.2 Å². The predicted octanol–water partition coefficient (Wildman–Crippen LogP) is 3.42. The average molecular weight is 291 g/mol. The standard InChI is InChI=1S/C18H29NO2/c1-6-16-7-9-17(10-8-16)18(20)15(4)19(11-12-21-5)13-14(2)3/h7-10,14-15H,6,11-13H2,1-5H3. The number of carbonyl (C=O) groups excluding carboxylic acids is 1. The Morgan fingerprint density at radius 1 is 1.19 bits per heavy atom. The quantitative estimate of drug-likeness (QED) is 0.653. The van der Waals surface area contributed by atoms with Crippen LogP contribution in [0.3, 0.4) is 0 Å². The van der Waals surface area contributed by atoms with Crippen LogP contribution < -0.4 is 0 Å². The summed E-state index contributed by atoms with van der Waals surface area (Å²) in [6.07, 6.45) is 0.997. The molecule has 0 aromatic heterocycles. The van der Waals surface area contributed by atoms with Gasteiger partial charge in [0, 0.05) is 25.8 Å². The first-order chi connectivity index (χ1) is 9.99. The molecule has 0 fully saturated rings. The van der Waals surface area contributed by atoms with Crippen molar-refractivity contribution in [3.8, 4) is 0 Å². The van der Waals surface area contributed by atoms with Crippen LogP contribution in [0.15, 0.2) is 24.3 Å². The van der Waals surface area contributed by atoms with Crippen LogP contribution in [0.4, 0.5) is 0 Å². The molecule has 0 saturated carbocycles. The second-order valence-corrected chi connectivity index (χ2v) is 5.97. The van der Waals surface area contributed by atoms with Crippen LogP contribution in [0, 0.1) is 5.92 Å². The van der Waals surface area contributed by atoms with Gasteiger partial charge >= 0.3 is 0 Å². The van der Waals surface area contributed by atoms with E-state index < -0.39 is 0 Å². The van der Waals surface area contributed by atoms with Gasteiger partial charge < -0.3 is 4.74 Å². The van der Waals surface area contributed by atoms with Crippen LogP contribution in [-0.4, -0.2) is 43.5 Å². The Balaban J connectivity index is 2.79. The summed E-state index contributed by atoms with van der Waals surface area (Å²) in [5.41, 5.74) is 2.06. The smallest absolute Gasteiger partial charge is 0.179 e. The topological polar surface area (TPSA) is 29.5 Å². The molecule has 1 atom stereocenters. The fraction of sp³-hybridized carbons (Fsp3) is 0.611. The van der Waals surface area contributed by atoms with E-state index in [4.69, 9.17) is 4.74 Å². The van der Waals surface area contributed by atoms with Crippen molar-refractivity contribution in [3.05, 3.63) is 35.4 Å². The van der Waals surface area contributed by atoms with Crippen LogP contribution in [-0.2, 0) is 11.2 Å². The van der Waals surface area contributed by atoms with Crippen molar-refractivity contribution in [2.75, 3.05) is 26.8 Å². The number of ether oxygens (including phenoxy) is 1. The van der Waals surface area contributed by atoms with Gasteiger partial charge in [0.25, 0.3) is 0 Å². The van der Waals surface area contributed by atoms with Crippen molar-refractivity contribution in [1.82, 2.24) is 4.90 Å². The van der Waals surface area contributed by atoms with E-state index in [1.54, 1.807) is 7.11 Å². The highest BCUT2D eigenvalue weighted by molar-refractivity contribution is 5.99. The van der Waals surface area contributed by atoms with Gasteiger partial charge in [0.1, 0.15) is 0 Å². The van der Waals surface area contributed by atoms with E-state index in [9.17, 15) is 4.79 Å². The molecule has 1 aromatic carbocycles. The molecule has 0 aliphatic carbocycles. The zero-order valence-corrected chi connectivity index (χ0v) is 14.1. The number of aryl methyl sites for hydroxylation is 1. The SMILES string of the molecule is CCc1ccc(C(=O)C(C)N(CCOC)CC(C)C)cc1. The maximum Gasteiger partial charge on any atom is 0.179 e. The highest BCUT2D eigenvalue weighted by atomic mass is 16.5. The lowest BCUT2D eigenvalue weighted by Gasteiger charge is -2.29. The fourth-order valence-corrected chi connectivity index (χ4v) is 2.43. The first-order valence-electron chi connectivity index (χ1n) is 7.85. The molecular weight excluding hydrogens is 262 g/mol. The summed E-state index contributed by atoms with van der Waals surface area (Å²) in [7, 11) is 1.70. The van der Waals surface area contributed by atoms with E-state index in [1.165, 1.54) is 5.56 Å². The van der Waals surface area contributed by atoms with Gasteiger partial charge in [-0.05, 0) is 24.8 Å². The van der Waals surface area contributed by atoms with E-state index in [0.717, 1.165) is 25.1 Å². The molecule has 0 spiro atoms. The van der Waals surface area contributed by atoms with Gasteiger partial charge in [-0.25, -0.2) is 0 Å². The number of methoxy groups -OCH3 is 1. The van der Waals surface area contributed by atoms with Crippen LogP contribution in [0.5, 0.6) is 0 Å². The second-order valence-electron chi connectivity index (χ2n) is 5.97. The molecule has 0 N–H and O–H groups in total. The third-order valence-electron chi connectivity index (χ3n) is 3.76. The minimum absolute atomic E-state index is 0.116. The first kappa shape index (κ1) is 17.9. The number of hydrogen-bond acceptors (Lipinski definition) is 3. The van der Waals surface area contributed by atoms with Gasteiger partial charge in [0.05, 0.1) is 12.6 Å². The molecule has 118 valence electrons. The van der Waals surface area contributed by atoms with E-state index in [0.29, 0.717) is 12.5 Å². The summed E-state index contributed by atoms with van der Waals surface area (Å²) in [4.78, 5) is 14.9. The second kappa shape index (κ2) is 8.96. The monoisotopic (exact) mass is 291 g/mol. The van der Waals surface area contributed by atoms with E-state index in [-0.39, 0.29) is 11.8 Å². The lowest BCUT2D eigenvalue weighted by molar-refractivity contribution is 0.0750. The Hall–Kier alpha value is -1.19. The maximum atomic E-state index is 12.6. The lowest BCUT2D eigenvalue weighted by atomic mass is 10.0. The zero-order valence-electron chi connectivity index (χ0n) is 14.1. The Morgan fingerprint density at radius 3 is 2.29 bits per heavy atom. The van der Waals surface area contributed by atoms with Crippen molar-refractivity contribution in [3.63, 3.8) is 0 Å². The number of Topliss-reactive ketones (excluding diaryl/α,β-unsaturated/α-hetero) is 1. The molecule has 3 nitrogen and oxygen atoms in total. The van der Waals surface area contributed by atoms with Gasteiger partial charge in [-0.2, -0.15) is 0 Å². The summed E-state index contributed by atoms with van der Waals surface area (Å²) in [5.74, 6) is 0.717. The van der Waals surface area contributed by atoms with Crippen LogP contribution in [0.2, 0.25) is 0 Å². The largest absolute Gasteiger partial charge is 0.383 e. The fourth-order valence-electron chi connectivity index (χ4n) is 2.43. The maximum absolute atomic E-state index is 12.6. The third kappa shape index (κ3) is 5.60.